The van der Waals surface area contributed by atoms with Gasteiger partial charge in [-0.05, 0) is 18.2 Å². The Morgan fingerprint density at radius 3 is 2.59 bits per heavy atom. The van der Waals surface area contributed by atoms with Crippen LogP contribution in [-0.2, 0) is 6.18 Å². The Balaban J connectivity index is 2.16. The van der Waals surface area contributed by atoms with Crippen LogP contribution in [0.4, 0.5) is 18.9 Å². The van der Waals surface area contributed by atoms with Crippen LogP contribution in [0.25, 0.3) is 16.9 Å². The summed E-state index contributed by atoms with van der Waals surface area (Å²) in [7, 11) is 0. The van der Waals surface area contributed by atoms with Gasteiger partial charge in [0.1, 0.15) is 5.65 Å². The fraction of sp³-hybridized carbons (Fsp3) is 0.0714. The molecule has 0 bridgehead atoms. The number of imidazole rings is 1. The van der Waals surface area contributed by atoms with Gasteiger partial charge >= 0.3 is 6.18 Å². The number of fused-ring (bicyclic) bond motifs is 1. The molecule has 0 saturated carbocycles. The van der Waals surface area contributed by atoms with E-state index >= 15 is 0 Å². The smallest absolute Gasteiger partial charge is 0.306 e. The third-order valence-electron chi connectivity index (χ3n) is 3.16. The fourth-order valence-electron chi connectivity index (χ4n) is 2.14. The highest BCUT2D eigenvalue weighted by atomic mass is 19.4. The molecule has 0 aliphatic carbocycles. The maximum Gasteiger partial charge on any atom is 0.416 e. The molecule has 2 aromatic heterocycles. The average Bonchev–Trinajstić information content (AvgIpc) is 2.89. The van der Waals surface area contributed by atoms with Gasteiger partial charge in [-0.15, -0.1) is 0 Å². The van der Waals surface area contributed by atoms with E-state index in [1.54, 1.807) is 6.07 Å². The van der Waals surface area contributed by atoms with Gasteiger partial charge in [-0.25, -0.2) is 4.98 Å². The zero-order chi connectivity index (χ0) is 15.9. The van der Waals surface area contributed by atoms with Crippen molar-refractivity contribution in [2.45, 2.75) is 6.18 Å². The molecule has 0 saturated heterocycles. The molecule has 0 N–H and O–H groups in total. The van der Waals surface area contributed by atoms with Crippen LogP contribution >= 0.6 is 0 Å². The SMILES string of the molecule is O=[N+]([O-])c1ccccc1-c1cn2ccc(C(F)(F)F)cc2n1. The summed E-state index contributed by atoms with van der Waals surface area (Å²) in [6.45, 7) is 0. The Labute approximate surface area is 121 Å². The minimum atomic E-state index is -4.47. The van der Waals surface area contributed by atoms with Gasteiger partial charge in [0.05, 0.1) is 21.7 Å². The number of nitro benzene ring substituents is 1. The minimum Gasteiger partial charge on any atom is -0.306 e. The summed E-state index contributed by atoms with van der Waals surface area (Å²) in [5.74, 6) is 0. The molecule has 0 atom stereocenters. The molecule has 1 aromatic carbocycles. The summed E-state index contributed by atoms with van der Waals surface area (Å²) in [6.07, 6.45) is -1.78. The second-order valence-corrected chi connectivity index (χ2v) is 4.58. The molecule has 3 aromatic rings. The Hall–Kier alpha value is -2.90. The maximum atomic E-state index is 12.7. The van der Waals surface area contributed by atoms with Gasteiger partial charge in [-0.3, -0.25) is 10.1 Å². The first-order chi connectivity index (χ1) is 10.4. The van der Waals surface area contributed by atoms with E-state index in [-0.39, 0.29) is 22.6 Å². The number of rotatable bonds is 2. The number of hydrogen-bond acceptors (Lipinski definition) is 3. The van der Waals surface area contributed by atoms with Gasteiger partial charge in [0.15, 0.2) is 0 Å². The number of alkyl halides is 3. The lowest BCUT2D eigenvalue weighted by Gasteiger charge is -2.05. The second kappa shape index (κ2) is 4.83. The number of pyridine rings is 1. The third kappa shape index (κ3) is 2.39. The van der Waals surface area contributed by atoms with Crippen molar-refractivity contribution in [2.24, 2.45) is 0 Å². The summed E-state index contributed by atoms with van der Waals surface area (Å²) in [4.78, 5) is 14.5. The summed E-state index contributed by atoms with van der Waals surface area (Å²) >= 11 is 0. The predicted octanol–water partition coefficient (Wildman–Crippen LogP) is 3.93. The number of hydrogen-bond donors (Lipinski definition) is 0. The summed E-state index contributed by atoms with van der Waals surface area (Å²) < 4.78 is 39.5. The summed E-state index contributed by atoms with van der Waals surface area (Å²) in [6, 6.07) is 7.77. The highest BCUT2D eigenvalue weighted by Gasteiger charge is 2.31. The number of aromatic nitrogens is 2. The Bertz CT molecular complexity index is 871. The van der Waals surface area contributed by atoms with E-state index in [0.29, 0.717) is 0 Å². The molecule has 0 unspecified atom stereocenters. The van der Waals surface area contributed by atoms with Crippen LogP contribution in [0.1, 0.15) is 5.56 Å². The molecular weight excluding hydrogens is 299 g/mol. The fourth-order valence-corrected chi connectivity index (χ4v) is 2.14. The topological polar surface area (TPSA) is 60.4 Å². The first-order valence-electron chi connectivity index (χ1n) is 6.16. The van der Waals surface area contributed by atoms with E-state index < -0.39 is 16.7 Å². The van der Waals surface area contributed by atoms with E-state index in [4.69, 9.17) is 0 Å². The van der Waals surface area contributed by atoms with Gasteiger partial charge in [0.2, 0.25) is 0 Å². The molecule has 5 nitrogen and oxygen atoms in total. The summed E-state index contributed by atoms with van der Waals surface area (Å²) in [5, 5.41) is 11.0. The normalized spacial score (nSPS) is 11.8. The maximum absolute atomic E-state index is 12.7. The van der Waals surface area contributed by atoms with Crippen LogP contribution < -0.4 is 0 Å². The van der Waals surface area contributed by atoms with E-state index in [2.05, 4.69) is 4.98 Å². The van der Waals surface area contributed by atoms with E-state index in [1.807, 2.05) is 0 Å². The lowest BCUT2D eigenvalue weighted by Crippen LogP contribution is -2.05. The summed E-state index contributed by atoms with van der Waals surface area (Å²) in [5.41, 5.74) is -0.402. The number of nitrogens with zero attached hydrogens (tertiary/aromatic N) is 3. The highest BCUT2D eigenvalue weighted by molar-refractivity contribution is 5.72. The van der Waals surface area contributed by atoms with E-state index in [0.717, 1.165) is 12.1 Å². The molecule has 0 aliphatic rings. The molecule has 0 radical (unpaired) electrons. The highest BCUT2D eigenvalue weighted by Crippen LogP contribution is 2.32. The minimum absolute atomic E-state index is 0.0722. The molecule has 0 spiro atoms. The first kappa shape index (κ1) is 14.1. The van der Waals surface area contributed by atoms with Crippen molar-refractivity contribution >= 4 is 11.3 Å². The van der Waals surface area contributed by atoms with Crippen molar-refractivity contribution in [1.29, 1.82) is 0 Å². The van der Waals surface area contributed by atoms with Crippen molar-refractivity contribution < 1.29 is 18.1 Å². The molecule has 112 valence electrons. The quantitative estimate of drug-likeness (QED) is 0.532. The predicted molar refractivity (Wildman–Crippen MR) is 72.3 cm³/mol. The Morgan fingerprint density at radius 2 is 1.91 bits per heavy atom. The van der Waals surface area contributed by atoms with Crippen molar-refractivity contribution in [3.05, 3.63) is 64.5 Å². The van der Waals surface area contributed by atoms with E-state index in [9.17, 15) is 23.3 Å². The monoisotopic (exact) mass is 307 g/mol. The molecule has 0 aliphatic heterocycles. The van der Waals surface area contributed by atoms with Gasteiger partial charge in [-0.1, -0.05) is 12.1 Å². The molecule has 0 fully saturated rings. The average molecular weight is 307 g/mol. The lowest BCUT2D eigenvalue weighted by atomic mass is 10.1. The van der Waals surface area contributed by atoms with Crippen molar-refractivity contribution in [2.75, 3.05) is 0 Å². The Kier molecular flexibility index (Phi) is 3.09. The molecule has 0 amide bonds. The molecule has 3 rings (SSSR count). The molecular formula is C14H8F3N3O2. The van der Waals surface area contributed by atoms with Crippen LogP contribution in [-0.4, -0.2) is 14.3 Å². The van der Waals surface area contributed by atoms with Crippen molar-refractivity contribution in [3.8, 4) is 11.3 Å². The van der Waals surface area contributed by atoms with Gasteiger partial charge in [0.25, 0.3) is 5.69 Å². The third-order valence-corrected chi connectivity index (χ3v) is 3.16. The molecule has 8 heteroatoms. The van der Waals surface area contributed by atoms with Crippen LogP contribution in [0.5, 0.6) is 0 Å². The van der Waals surface area contributed by atoms with Crippen molar-refractivity contribution in [1.82, 2.24) is 9.38 Å². The number of halogens is 3. The zero-order valence-electron chi connectivity index (χ0n) is 10.9. The molecule has 2 heterocycles. The number of nitro groups is 1. The zero-order valence-corrected chi connectivity index (χ0v) is 10.9. The molecule has 22 heavy (non-hydrogen) atoms. The van der Waals surface area contributed by atoms with Crippen LogP contribution in [0.3, 0.4) is 0 Å². The van der Waals surface area contributed by atoms with Gasteiger partial charge < -0.3 is 4.40 Å². The van der Waals surface area contributed by atoms with E-state index in [1.165, 1.54) is 35.0 Å². The first-order valence-corrected chi connectivity index (χ1v) is 6.16. The Morgan fingerprint density at radius 1 is 1.18 bits per heavy atom. The van der Waals surface area contributed by atoms with Gasteiger partial charge in [0, 0.05) is 18.5 Å². The number of para-hydroxylation sites is 1. The van der Waals surface area contributed by atoms with Crippen LogP contribution in [0.15, 0.2) is 48.8 Å². The number of benzene rings is 1. The van der Waals surface area contributed by atoms with Crippen molar-refractivity contribution in [3.63, 3.8) is 0 Å². The second-order valence-electron chi connectivity index (χ2n) is 4.58. The van der Waals surface area contributed by atoms with Crippen LogP contribution in [0, 0.1) is 10.1 Å². The lowest BCUT2D eigenvalue weighted by molar-refractivity contribution is -0.384. The largest absolute Gasteiger partial charge is 0.416 e. The van der Waals surface area contributed by atoms with Crippen LogP contribution in [0.2, 0.25) is 0 Å². The van der Waals surface area contributed by atoms with Gasteiger partial charge in [-0.2, -0.15) is 13.2 Å². The standard InChI is InChI=1S/C14H8F3N3O2/c15-14(16,17)9-5-6-19-8-11(18-13(19)7-9)10-3-1-2-4-12(10)20(21)22/h1-8H.